The van der Waals surface area contributed by atoms with E-state index in [0.29, 0.717) is 17.0 Å². The van der Waals surface area contributed by atoms with Gasteiger partial charge in [-0.15, -0.1) is 0 Å². The standard InChI is InChI=1S/C22H19FN2O4/c1-29-18-9-10-19(20(26)12-18)22(28)24-13-14-3-2-4-17(11-14)25-21(27)15-5-7-16(23)8-6-15/h2-12,26H,13H2,1H3,(H,24,28)(H,25,27). The number of amides is 2. The van der Waals surface area contributed by atoms with Gasteiger partial charge in [-0.1, -0.05) is 12.1 Å². The monoisotopic (exact) mass is 394 g/mol. The summed E-state index contributed by atoms with van der Waals surface area (Å²) in [5.74, 6) is -0.951. The zero-order valence-electron chi connectivity index (χ0n) is 15.6. The highest BCUT2D eigenvalue weighted by molar-refractivity contribution is 6.04. The normalized spacial score (nSPS) is 10.3. The Labute approximate surface area is 167 Å². The summed E-state index contributed by atoms with van der Waals surface area (Å²) >= 11 is 0. The summed E-state index contributed by atoms with van der Waals surface area (Å²) in [6.45, 7) is 0.199. The van der Waals surface area contributed by atoms with Crippen molar-refractivity contribution in [3.8, 4) is 11.5 Å². The van der Waals surface area contributed by atoms with Crippen molar-refractivity contribution in [1.82, 2.24) is 5.32 Å². The number of hydrogen-bond donors (Lipinski definition) is 3. The lowest BCUT2D eigenvalue weighted by Gasteiger charge is -2.10. The molecule has 3 aromatic carbocycles. The number of hydrogen-bond acceptors (Lipinski definition) is 4. The quantitative estimate of drug-likeness (QED) is 0.595. The fourth-order valence-electron chi connectivity index (χ4n) is 2.67. The number of halogens is 1. The number of ether oxygens (including phenoxy) is 1. The van der Waals surface area contributed by atoms with Crippen LogP contribution in [-0.2, 0) is 6.54 Å². The number of nitrogens with one attached hydrogen (secondary N) is 2. The van der Waals surface area contributed by atoms with E-state index in [1.165, 1.54) is 43.5 Å². The van der Waals surface area contributed by atoms with E-state index in [1.54, 1.807) is 30.3 Å². The van der Waals surface area contributed by atoms with Crippen molar-refractivity contribution in [1.29, 1.82) is 0 Å². The van der Waals surface area contributed by atoms with Crippen LogP contribution in [0.4, 0.5) is 10.1 Å². The van der Waals surface area contributed by atoms with Crippen LogP contribution in [-0.4, -0.2) is 24.0 Å². The van der Waals surface area contributed by atoms with Crippen LogP contribution in [0, 0.1) is 5.82 Å². The van der Waals surface area contributed by atoms with Crippen LogP contribution >= 0.6 is 0 Å². The number of methoxy groups -OCH3 is 1. The van der Waals surface area contributed by atoms with Gasteiger partial charge in [-0.05, 0) is 54.1 Å². The molecule has 0 radical (unpaired) electrons. The van der Waals surface area contributed by atoms with Gasteiger partial charge in [0.1, 0.15) is 17.3 Å². The number of phenols is 1. The molecule has 7 heteroatoms. The molecule has 0 saturated heterocycles. The number of aromatic hydroxyl groups is 1. The molecule has 0 aliphatic rings. The Kier molecular flexibility index (Phi) is 6.09. The zero-order chi connectivity index (χ0) is 20.8. The molecule has 2 amide bonds. The minimum absolute atomic E-state index is 0.131. The maximum atomic E-state index is 13.0. The first-order valence-electron chi connectivity index (χ1n) is 8.77. The van der Waals surface area contributed by atoms with Crippen LogP contribution in [0.25, 0.3) is 0 Å². The van der Waals surface area contributed by atoms with Crippen molar-refractivity contribution < 1.29 is 23.8 Å². The highest BCUT2D eigenvalue weighted by atomic mass is 19.1. The molecule has 0 aromatic heterocycles. The Balaban J connectivity index is 1.63. The lowest BCUT2D eigenvalue weighted by Crippen LogP contribution is -2.23. The highest BCUT2D eigenvalue weighted by Crippen LogP contribution is 2.23. The number of benzene rings is 3. The number of phenolic OH excluding ortho intramolecular Hbond substituents is 1. The fourth-order valence-corrected chi connectivity index (χ4v) is 2.67. The molecule has 3 rings (SSSR count). The van der Waals surface area contributed by atoms with Gasteiger partial charge in [0.25, 0.3) is 11.8 Å². The van der Waals surface area contributed by atoms with E-state index >= 15 is 0 Å². The van der Waals surface area contributed by atoms with Crippen LogP contribution in [0.1, 0.15) is 26.3 Å². The first-order chi connectivity index (χ1) is 14.0. The number of carbonyl (C=O) groups excluding carboxylic acids is 2. The van der Waals surface area contributed by atoms with E-state index in [2.05, 4.69) is 10.6 Å². The first-order valence-corrected chi connectivity index (χ1v) is 8.77. The predicted molar refractivity (Wildman–Crippen MR) is 107 cm³/mol. The van der Waals surface area contributed by atoms with Crippen molar-refractivity contribution in [3.63, 3.8) is 0 Å². The third kappa shape index (κ3) is 5.10. The topological polar surface area (TPSA) is 87.7 Å². The Bertz CT molecular complexity index is 1040. The van der Waals surface area contributed by atoms with Crippen LogP contribution in [0.15, 0.2) is 66.7 Å². The molecule has 0 saturated carbocycles. The van der Waals surface area contributed by atoms with Crippen LogP contribution < -0.4 is 15.4 Å². The van der Waals surface area contributed by atoms with E-state index in [0.717, 1.165) is 5.56 Å². The molecule has 0 aliphatic heterocycles. The van der Waals surface area contributed by atoms with Crippen molar-refractivity contribution in [2.24, 2.45) is 0 Å². The molecule has 0 fully saturated rings. The van der Waals surface area contributed by atoms with Gasteiger partial charge in [-0.25, -0.2) is 4.39 Å². The summed E-state index contributed by atoms with van der Waals surface area (Å²) in [6.07, 6.45) is 0. The smallest absolute Gasteiger partial charge is 0.255 e. The summed E-state index contributed by atoms with van der Waals surface area (Å²) in [4.78, 5) is 24.5. The van der Waals surface area contributed by atoms with Gasteiger partial charge in [0.15, 0.2) is 0 Å². The first kappa shape index (κ1) is 19.9. The number of carbonyl (C=O) groups is 2. The molecule has 0 aliphatic carbocycles. The minimum Gasteiger partial charge on any atom is -0.507 e. The maximum Gasteiger partial charge on any atom is 0.255 e. The van der Waals surface area contributed by atoms with Gasteiger partial charge in [-0.3, -0.25) is 9.59 Å². The Morgan fingerprint density at radius 1 is 1.00 bits per heavy atom. The van der Waals surface area contributed by atoms with Gasteiger partial charge < -0.3 is 20.5 Å². The maximum absolute atomic E-state index is 13.0. The molecule has 29 heavy (non-hydrogen) atoms. The van der Waals surface area contributed by atoms with Gasteiger partial charge in [0, 0.05) is 23.9 Å². The molecule has 0 bridgehead atoms. The lowest BCUT2D eigenvalue weighted by atomic mass is 10.1. The summed E-state index contributed by atoms with van der Waals surface area (Å²) in [5, 5.41) is 15.4. The summed E-state index contributed by atoms with van der Waals surface area (Å²) < 4.78 is 18.0. The average Bonchev–Trinajstić information content (AvgIpc) is 2.72. The van der Waals surface area contributed by atoms with Gasteiger partial charge in [-0.2, -0.15) is 0 Å². The molecule has 3 N–H and O–H groups in total. The second kappa shape index (κ2) is 8.88. The van der Waals surface area contributed by atoms with Crippen LogP contribution in [0.3, 0.4) is 0 Å². The Morgan fingerprint density at radius 3 is 2.45 bits per heavy atom. The molecular formula is C22H19FN2O4. The van der Waals surface area contributed by atoms with Crippen molar-refractivity contribution in [2.75, 3.05) is 12.4 Å². The van der Waals surface area contributed by atoms with E-state index < -0.39 is 11.7 Å². The van der Waals surface area contributed by atoms with Crippen molar-refractivity contribution in [2.45, 2.75) is 6.54 Å². The van der Waals surface area contributed by atoms with E-state index in [1.807, 2.05) is 0 Å². The van der Waals surface area contributed by atoms with E-state index in [9.17, 15) is 19.1 Å². The highest BCUT2D eigenvalue weighted by Gasteiger charge is 2.12. The second-order valence-corrected chi connectivity index (χ2v) is 6.23. The summed E-state index contributed by atoms with van der Waals surface area (Å²) in [6, 6.07) is 16.6. The average molecular weight is 394 g/mol. The molecule has 0 heterocycles. The third-order valence-corrected chi connectivity index (χ3v) is 4.19. The van der Waals surface area contributed by atoms with Gasteiger partial charge in [0.05, 0.1) is 12.7 Å². The van der Waals surface area contributed by atoms with E-state index in [4.69, 9.17) is 4.74 Å². The minimum atomic E-state index is -0.439. The molecule has 148 valence electrons. The lowest BCUT2D eigenvalue weighted by molar-refractivity contribution is 0.0947. The summed E-state index contributed by atoms with van der Waals surface area (Å²) in [5.41, 5.74) is 1.76. The molecule has 6 nitrogen and oxygen atoms in total. The molecular weight excluding hydrogens is 375 g/mol. The Hall–Kier alpha value is -3.87. The van der Waals surface area contributed by atoms with Gasteiger partial charge in [0.2, 0.25) is 0 Å². The van der Waals surface area contributed by atoms with Gasteiger partial charge >= 0.3 is 0 Å². The predicted octanol–water partition coefficient (Wildman–Crippen LogP) is 3.72. The fraction of sp³-hybridized carbons (Fsp3) is 0.0909. The van der Waals surface area contributed by atoms with Crippen LogP contribution in [0.2, 0.25) is 0 Å². The number of anilines is 1. The molecule has 0 unspecified atom stereocenters. The number of rotatable bonds is 6. The Morgan fingerprint density at radius 2 is 1.76 bits per heavy atom. The second-order valence-electron chi connectivity index (χ2n) is 6.23. The molecule has 0 atom stereocenters. The van der Waals surface area contributed by atoms with Crippen molar-refractivity contribution in [3.05, 3.63) is 89.2 Å². The van der Waals surface area contributed by atoms with Crippen molar-refractivity contribution >= 4 is 17.5 Å². The summed E-state index contributed by atoms with van der Waals surface area (Å²) in [7, 11) is 1.47. The largest absolute Gasteiger partial charge is 0.507 e. The molecule has 0 spiro atoms. The molecule has 3 aromatic rings. The van der Waals surface area contributed by atoms with Crippen LogP contribution in [0.5, 0.6) is 11.5 Å². The third-order valence-electron chi connectivity index (χ3n) is 4.19. The SMILES string of the molecule is COc1ccc(C(=O)NCc2cccc(NC(=O)c3ccc(F)cc3)c2)c(O)c1. The van der Waals surface area contributed by atoms with E-state index in [-0.39, 0.29) is 23.8 Å². The zero-order valence-corrected chi connectivity index (χ0v) is 15.6.